The van der Waals surface area contributed by atoms with Gasteiger partial charge in [0.2, 0.25) is 5.91 Å². The molecule has 0 aromatic rings. The molecule has 1 saturated heterocycles. The first-order valence-corrected chi connectivity index (χ1v) is 5.05. The lowest BCUT2D eigenvalue weighted by molar-refractivity contribution is -0.143. The summed E-state index contributed by atoms with van der Waals surface area (Å²) in [6.45, 7) is 1.08. The Balaban J connectivity index is 2.32. The van der Waals surface area contributed by atoms with Gasteiger partial charge in [0, 0.05) is 0 Å². The number of nitrogens with zero attached hydrogens (tertiary/aromatic N) is 1. The second-order valence-corrected chi connectivity index (χ2v) is 3.22. The molecule has 94 valence electrons. The molecule has 0 radical (unpaired) electrons. The minimum atomic E-state index is -0.610. The molecule has 1 aliphatic heterocycles. The van der Waals surface area contributed by atoms with Gasteiger partial charge in [-0.15, -0.1) is 0 Å². The highest BCUT2D eigenvalue weighted by atomic mass is 16.5. The Morgan fingerprint density at radius 3 is 2.71 bits per heavy atom. The fraction of sp³-hybridized carbons (Fsp3) is 0.556. The number of rotatable bonds is 5. The van der Waals surface area contributed by atoms with Crippen LogP contribution in [0.15, 0.2) is 0 Å². The fourth-order valence-corrected chi connectivity index (χ4v) is 1.20. The number of carbonyl (C=O) groups is 4. The standard InChI is InChI=1S/C9H13N3O5/c1-2-17-8(15)4-10-6(13)5-12-7(14)3-11-9(12)16/h2-5H2,1H3,(H,10,13)(H,11,16). The van der Waals surface area contributed by atoms with E-state index in [9.17, 15) is 19.2 Å². The maximum atomic E-state index is 11.3. The molecule has 0 aliphatic carbocycles. The molecule has 1 aliphatic rings. The number of urea groups is 1. The van der Waals surface area contributed by atoms with Gasteiger partial charge in [0.05, 0.1) is 13.2 Å². The highest BCUT2D eigenvalue weighted by Crippen LogP contribution is 1.97. The van der Waals surface area contributed by atoms with Gasteiger partial charge in [0.15, 0.2) is 0 Å². The predicted octanol–water partition coefficient (Wildman–Crippen LogP) is -1.78. The minimum absolute atomic E-state index is 0.107. The molecule has 0 aromatic heterocycles. The molecule has 17 heavy (non-hydrogen) atoms. The third-order valence-electron chi connectivity index (χ3n) is 1.97. The smallest absolute Gasteiger partial charge is 0.325 e. The molecule has 8 heteroatoms. The zero-order valence-corrected chi connectivity index (χ0v) is 9.32. The largest absolute Gasteiger partial charge is 0.465 e. The first-order chi connectivity index (χ1) is 8.04. The zero-order valence-electron chi connectivity index (χ0n) is 9.32. The van der Waals surface area contributed by atoms with Gasteiger partial charge in [-0.1, -0.05) is 0 Å². The SMILES string of the molecule is CCOC(=O)CNC(=O)CN1C(=O)CNC1=O. The molecule has 0 saturated carbocycles. The van der Waals surface area contributed by atoms with Crippen LogP contribution >= 0.6 is 0 Å². The van der Waals surface area contributed by atoms with E-state index in [2.05, 4.69) is 15.4 Å². The molecule has 8 nitrogen and oxygen atoms in total. The van der Waals surface area contributed by atoms with E-state index in [4.69, 9.17) is 0 Å². The van der Waals surface area contributed by atoms with Gasteiger partial charge < -0.3 is 15.4 Å². The average Bonchev–Trinajstić information content (AvgIpc) is 2.58. The van der Waals surface area contributed by atoms with E-state index in [0.29, 0.717) is 0 Å². The molecule has 0 aromatic carbocycles. The summed E-state index contributed by atoms with van der Waals surface area (Å²) in [5, 5.41) is 4.52. The van der Waals surface area contributed by atoms with Crippen LogP contribution in [-0.4, -0.2) is 55.0 Å². The Bertz CT molecular complexity index is 339. The van der Waals surface area contributed by atoms with Crippen LogP contribution in [0.25, 0.3) is 0 Å². The summed E-state index contributed by atoms with van der Waals surface area (Å²) >= 11 is 0. The maximum absolute atomic E-state index is 11.3. The monoisotopic (exact) mass is 243 g/mol. The Hall–Kier alpha value is -2.12. The minimum Gasteiger partial charge on any atom is -0.465 e. The summed E-state index contributed by atoms with van der Waals surface area (Å²) in [5.74, 6) is -1.64. The van der Waals surface area contributed by atoms with Crippen molar-refractivity contribution in [3.05, 3.63) is 0 Å². The third-order valence-corrected chi connectivity index (χ3v) is 1.97. The van der Waals surface area contributed by atoms with E-state index in [1.807, 2.05) is 0 Å². The number of amides is 4. The van der Waals surface area contributed by atoms with Gasteiger partial charge >= 0.3 is 12.0 Å². The second-order valence-electron chi connectivity index (χ2n) is 3.22. The molecule has 0 atom stereocenters. The van der Waals surface area contributed by atoms with Crippen LogP contribution in [0.5, 0.6) is 0 Å². The van der Waals surface area contributed by atoms with E-state index in [1.165, 1.54) is 0 Å². The van der Waals surface area contributed by atoms with Gasteiger partial charge in [0.25, 0.3) is 5.91 Å². The zero-order chi connectivity index (χ0) is 12.8. The van der Waals surface area contributed by atoms with Crippen molar-refractivity contribution in [3.63, 3.8) is 0 Å². The number of hydrogen-bond acceptors (Lipinski definition) is 5. The first kappa shape index (κ1) is 12.9. The quantitative estimate of drug-likeness (QED) is 0.438. The van der Waals surface area contributed by atoms with Gasteiger partial charge in [0.1, 0.15) is 13.1 Å². The molecule has 4 amide bonds. The topological polar surface area (TPSA) is 105 Å². The highest BCUT2D eigenvalue weighted by molar-refractivity contribution is 6.04. The van der Waals surface area contributed by atoms with E-state index < -0.39 is 30.4 Å². The summed E-state index contributed by atoms with van der Waals surface area (Å²) < 4.78 is 4.59. The van der Waals surface area contributed by atoms with Crippen molar-refractivity contribution in [2.45, 2.75) is 6.92 Å². The van der Waals surface area contributed by atoms with E-state index in [0.717, 1.165) is 4.90 Å². The molecular formula is C9H13N3O5. The van der Waals surface area contributed by atoms with Crippen LogP contribution < -0.4 is 10.6 Å². The number of ether oxygens (including phenoxy) is 1. The molecule has 0 unspecified atom stereocenters. The number of nitrogens with one attached hydrogen (secondary N) is 2. The van der Waals surface area contributed by atoms with Gasteiger partial charge in [-0.3, -0.25) is 19.3 Å². The number of esters is 1. The lowest BCUT2D eigenvalue weighted by atomic mass is 10.4. The third kappa shape index (κ3) is 3.74. The van der Waals surface area contributed by atoms with Crippen LogP contribution in [0.4, 0.5) is 4.79 Å². The first-order valence-electron chi connectivity index (χ1n) is 5.05. The second kappa shape index (κ2) is 5.83. The number of hydrogen-bond donors (Lipinski definition) is 2. The van der Waals surface area contributed by atoms with Crippen molar-refractivity contribution in [1.82, 2.24) is 15.5 Å². The Labute approximate surface area is 97.3 Å². The number of carbonyl (C=O) groups excluding carboxylic acids is 4. The number of imide groups is 1. The Morgan fingerprint density at radius 2 is 2.18 bits per heavy atom. The molecule has 1 fully saturated rings. The fourth-order valence-electron chi connectivity index (χ4n) is 1.20. The lowest BCUT2D eigenvalue weighted by Crippen LogP contribution is -2.42. The summed E-state index contributed by atoms with van der Waals surface area (Å²) in [4.78, 5) is 45.2. The average molecular weight is 243 g/mol. The van der Waals surface area contributed by atoms with Crippen molar-refractivity contribution in [3.8, 4) is 0 Å². The molecule has 1 heterocycles. The van der Waals surface area contributed by atoms with Crippen molar-refractivity contribution in [1.29, 1.82) is 0 Å². The van der Waals surface area contributed by atoms with Crippen molar-refractivity contribution in [2.24, 2.45) is 0 Å². The Morgan fingerprint density at radius 1 is 1.47 bits per heavy atom. The molecule has 0 bridgehead atoms. The van der Waals surface area contributed by atoms with E-state index in [1.54, 1.807) is 6.92 Å². The van der Waals surface area contributed by atoms with Crippen molar-refractivity contribution < 1.29 is 23.9 Å². The summed E-state index contributed by atoms with van der Waals surface area (Å²) in [6.07, 6.45) is 0. The van der Waals surface area contributed by atoms with Crippen LogP contribution in [0.1, 0.15) is 6.92 Å². The molecule has 2 N–H and O–H groups in total. The predicted molar refractivity (Wildman–Crippen MR) is 54.8 cm³/mol. The van der Waals surface area contributed by atoms with Gasteiger partial charge in [-0.2, -0.15) is 0 Å². The summed E-state index contributed by atoms with van der Waals surface area (Å²) in [7, 11) is 0. The molecule has 1 rings (SSSR count). The van der Waals surface area contributed by atoms with Gasteiger partial charge in [-0.25, -0.2) is 4.79 Å². The van der Waals surface area contributed by atoms with Crippen LogP contribution in [0.3, 0.4) is 0 Å². The van der Waals surface area contributed by atoms with Crippen LogP contribution in [-0.2, 0) is 19.1 Å². The lowest BCUT2D eigenvalue weighted by Gasteiger charge is -2.11. The molecular weight excluding hydrogens is 230 g/mol. The van der Waals surface area contributed by atoms with Crippen LogP contribution in [0, 0.1) is 0 Å². The van der Waals surface area contributed by atoms with E-state index in [-0.39, 0.29) is 19.7 Å². The van der Waals surface area contributed by atoms with Crippen molar-refractivity contribution in [2.75, 3.05) is 26.2 Å². The van der Waals surface area contributed by atoms with Gasteiger partial charge in [-0.05, 0) is 6.92 Å². The maximum Gasteiger partial charge on any atom is 0.325 e. The van der Waals surface area contributed by atoms with Crippen molar-refractivity contribution >= 4 is 23.8 Å². The molecule has 0 spiro atoms. The summed E-state index contributed by atoms with van der Waals surface area (Å²) in [5.41, 5.74) is 0. The van der Waals surface area contributed by atoms with Crippen LogP contribution in [0.2, 0.25) is 0 Å². The normalized spacial score (nSPS) is 14.5. The van der Waals surface area contributed by atoms with E-state index >= 15 is 0 Å². The Kier molecular flexibility index (Phi) is 4.44. The highest BCUT2D eigenvalue weighted by Gasteiger charge is 2.30. The summed E-state index contributed by atoms with van der Waals surface area (Å²) in [6, 6.07) is -0.610.